The summed E-state index contributed by atoms with van der Waals surface area (Å²) in [6.07, 6.45) is 3.65. The molecule has 1 aromatic rings. The van der Waals surface area contributed by atoms with E-state index in [1.165, 1.54) is 0 Å². The minimum Gasteiger partial charge on any atom is -0.480 e. The van der Waals surface area contributed by atoms with Crippen molar-refractivity contribution in [3.8, 4) is 0 Å². The first kappa shape index (κ1) is 15.3. The summed E-state index contributed by atoms with van der Waals surface area (Å²) in [5.74, 6) is 0.975. The number of carboxylic acid groups (broad SMARTS) is 1. The molecule has 1 heterocycles. The molecule has 2 N–H and O–H groups in total. The second-order valence-corrected chi connectivity index (χ2v) is 6.66. The summed E-state index contributed by atoms with van der Waals surface area (Å²) in [5, 5.41) is 21.6. The second kappa shape index (κ2) is 6.13. The summed E-state index contributed by atoms with van der Waals surface area (Å²) in [6.45, 7) is 3.70. The Hall–Kier alpha value is -1.08. The second-order valence-electron chi connectivity index (χ2n) is 5.60. The van der Waals surface area contributed by atoms with Crippen molar-refractivity contribution >= 4 is 17.7 Å². The number of carboxylic acids is 1. The molecule has 1 aliphatic rings. The van der Waals surface area contributed by atoms with Gasteiger partial charge in [-0.15, -0.1) is 10.2 Å². The van der Waals surface area contributed by atoms with Crippen LogP contribution in [0.4, 0.5) is 0 Å². The standard InChI is InChI=1S/C13H22N4O2S/c1-9-15-16-12(17(9)3)20-8-4-7-13(2,11(18)19)14-10-5-6-10/h10,14H,4-8H2,1-3H3,(H,18,19). The third kappa shape index (κ3) is 3.73. The normalized spacial score (nSPS) is 17.9. The van der Waals surface area contributed by atoms with Crippen LogP contribution < -0.4 is 5.32 Å². The van der Waals surface area contributed by atoms with Crippen molar-refractivity contribution in [1.29, 1.82) is 0 Å². The molecule has 0 aromatic carbocycles. The molecule has 0 aliphatic heterocycles. The van der Waals surface area contributed by atoms with Crippen LogP contribution in [0.1, 0.15) is 38.4 Å². The van der Waals surface area contributed by atoms with Gasteiger partial charge in [-0.2, -0.15) is 0 Å². The zero-order valence-corrected chi connectivity index (χ0v) is 13.0. The van der Waals surface area contributed by atoms with Gasteiger partial charge >= 0.3 is 5.97 Å². The van der Waals surface area contributed by atoms with Crippen LogP contribution in [0.15, 0.2) is 5.16 Å². The van der Waals surface area contributed by atoms with Gasteiger partial charge in [0.1, 0.15) is 11.4 Å². The van der Waals surface area contributed by atoms with E-state index in [4.69, 9.17) is 0 Å². The molecule has 6 nitrogen and oxygen atoms in total. The Morgan fingerprint density at radius 3 is 2.75 bits per heavy atom. The first-order valence-electron chi connectivity index (χ1n) is 6.92. The Labute approximate surface area is 123 Å². The molecule has 1 fully saturated rings. The molecule has 112 valence electrons. The van der Waals surface area contributed by atoms with Gasteiger partial charge in [-0.1, -0.05) is 11.8 Å². The maximum Gasteiger partial charge on any atom is 0.323 e. The van der Waals surface area contributed by atoms with Crippen molar-refractivity contribution < 1.29 is 9.90 Å². The number of rotatable bonds is 8. The molecule has 0 amide bonds. The summed E-state index contributed by atoms with van der Waals surface area (Å²) in [6, 6.07) is 0.394. The molecular formula is C13H22N4O2S. The number of thioether (sulfide) groups is 1. The summed E-state index contributed by atoms with van der Waals surface area (Å²) in [7, 11) is 1.94. The van der Waals surface area contributed by atoms with Gasteiger partial charge < -0.3 is 9.67 Å². The van der Waals surface area contributed by atoms with Crippen LogP contribution in [0.25, 0.3) is 0 Å². The maximum atomic E-state index is 11.4. The molecule has 20 heavy (non-hydrogen) atoms. The van der Waals surface area contributed by atoms with Crippen LogP contribution in [0.2, 0.25) is 0 Å². The Morgan fingerprint density at radius 2 is 2.25 bits per heavy atom. The van der Waals surface area contributed by atoms with Gasteiger partial charge in [-0.3, -0.25) is 10.1 Å². The molecule has 2 rings (SSSR count). The van der Waals surface area contributed by atoms with E-state index in [9.17, 15) is 9.90 Å². The lowest BCUT2D eigenvalue weighted by atomic mass is 9.96. The van der Waals surface area contributed by atoms with Gasteiger partial charge in [0.15, 0.2) is 5.16 Å². The number of aryl methyl sites for hydroxylation is 1. The third-order valence-corrected chi connectivity index (χ3v) is 4.78. The molecule has 7 heteroatoms. The lowest BCUT2D eigenvalue weighted by Gasteiger charge is -2.26. The average molecular weight is 298 g/mol. The fourth-order valence-corrected chi connectivity index (χ4v) is 2.92. The van der Waals surface area contributed by atoms with Gasteiger partial charge in [0, 0.05) is 18.8 Å². The van der Waals surface area contributed by atoms with Gasteiger partial charge in [0.2, 0.25) is 0 Å². The van der Waals surface area contributed by atoms with E-state index in [2.05, 4.69) is 15.5 Å². The summed E-state index contributed by atoms with van der Waals surface area (Å²) >= 11 is 1.62. The molecule has 0 saturated heterocycles. The third-order valence-electron chi connectivity index (χ3n) is 3.68. The van der Waals surface area contributed by atoms with E-state index in [-0.39, 0.29) is 0 Å². The topological polar surface area (TPSA) is 80.0 Å². The molecule has 1 atom stereocenters. The lowest BCUT2D eigenvalue weighted by molar-refractivity contribution is -0.144. The predicted molar refractivity (Wildman–Crippen MR) is 77.9 cm³/mol. The van der Waals surface area contributed by atoms with Gasteiger partial charge in [0.25, 0.3) is 0 Å². The number of aromatic nitrogens is 3. The fourth-order valence-electron chi connectivity index (χ4n) is 2.02. The molecule has 0 bridgehead atoms. The molecule has 1 unspecified atom stereocenters. The minimum atomic E-state index is -0.808. The first-order chi connectivity index (χ1) is 9.42. The molecule has 1 aromatic heterocycles. The smallest absolute Gasteiger partial charge is 0.323 e. The number of aliphatic carboxylic acids is 1. The molecular weight excluding hydrogens is 276 g/mol. The van der Waals surface area contributed by atoms with E-state index in [0.717, 1.165) is 36.0 Å². The fraction of sp³-hybridized carbons (Fsp3) is 0.769. The summed E-state index contributed by atoms with van der Waals surface area (Å²) in [5.41, 5.74) is -0.808. The van der Waals surface area contributed by atoms with Crippen molar-refractivity contribution in [2.45, 2.75) is 56.3 Å². The van der Waals surface area contributed by atoms with Crippen LogP contribution >= 0.6 is 11.8 Å². The van der Waals surface area contributed by atoms with Crippen LogP contribution in [-0.2, 0) is 11.8 Å². The number of nitrogens with one attached hydrogen (secondary N) is 1. The monoisotopic (exact) mass is 298 g/mol. The molecule has 0 radical (unpaired) electrons. The highest BCUT2D eigenvalue weighted by atomic mass is 32.2. The van der Waals surface area contributed by atoms with Gasteiger partial charge in [0.05, 0.1) is 0 Å². The minimum absolute atomic E-state index is 0.394. The van der Waals surface area contributed by atoms with Crippen LogP contribution in [0.3, 0.4) is 0 Å². The van der Waals surface area contributed by atoms with Crippen molar-refractivity contribution in [2.24, 2.45) is 7.05 Å². The van der Waals surface area contributed by atoms with E-state index < -0.39 is 11.5 Å². The van der Waals surface area contributed by atoms with Crippen molar-refractivity contribution in [1.82, 2.24) is 20.1 Å². The van der Waals surface area contributed by atoms with Crippen molar-refractivity contribution in [2.75, 3.05) is 5.75 Å². The summed E-state index contributed by atoms with van der Waals surface area (Å²) in [4.78, 5) is 11.4. The van der Waals surface area contributed by atoms with Crippen LogP contribution in [0, 0.1) is 6.92 Å². The van der Waals surface area contributed by atoms with E-state index in [1.54, 1.807) is 18.7 Å². The number of hydrogen-bond donors (Lipinski definition) is 2. The zero-order chi connectivity index (χ0) is 14.8. The Bertz CT molecular complexity index is 487. The van der Waals surface area contributed by atoms with Crippen LogP contribution in [0.5, 0.6) is 0 Å². The molecule has 0 spiro atoms. The maximum absolute atomic E-state index is 11.4. The highest BCUT2D eigenvalue weighted by Gasteiger charge is 2.37. The number of nitrogens with zero attached hydrogens (tertiary/aromatic N) is 3. The first-order valence-corrected chi connectivity index (χ1v) is 7.91. The zero-order valence-electron chi connectivity index (χ0n) is 12.2. The van der Waals surface area contributed by atoms with Crippen LogP contribution in [-0.4, -0.2) is 43.2 Å². The lowest BCUT2D eigenvalue weighted by Crippen LogP contribution is -2.50. The van der Waals surface area contributed by atoms with Gasteiger partial charge in [-0.25, -0.2) is 0 Å². The quantitative estimate of drug-likeness (QED) is 0.560. The van der Waals surface area contributed by atoms with Crippen molar-refractivity contribution in [3.63, 3.8) is 0 Å². The number of hydrogen-bond acceptors (Lipinski definition) is 5. The Balaban J connectivity index is 1.78. The van der Waals surface area contributed by atoms with E-state index in [1.807, 2.05) is 18.5 Å². The number of carbonyl (C=O) groups is 1. The highest BCUT2D eigenvalue weighted by molar-refractivity contribution is 7.99. The SMILES string of the molecule is Cc1nnc(SCCCC(C)(NC2CC2)C(=O)O)n1C. The Morgan fingerprint density at radius 1 is 1.55 bits per heavy atom. The van der Waals surface area contributed by atoms with Crippen molar-refractivity contribution in [3.05, 3.63) is 5.82 Å². The van der Waals surface area contributed by atoms with E-state index in [0.29, 0.717) is 12.5 Å². The largest absolute Gasteiger partial charge is 0.480 e. The Kier molecular flexibility index (Phi) is 4.70. The highest BCUT2D eigenvalue weighted by Crippen LogP contribution is 2.26. The average Bonchev–Trinajstić information content (AvgIpc) is 3.14. The summed E-state index contributed by atoms with van der Waals surface area (Å²) < 4.78 is 1.95. The van der Waals surface area contributed by atoms with E-state index >= 15 is 0 Å². The molecule has 1 saturated carbocycles. The molecule has 1 aliphatic carbocycles. The van der Waals surface area contributed by atoms with Gasteiger partial charge in [-0.05, 0) is 39.5 Å². The predicted octanol–water partition coefficient (Wildman–Crippen LogP) is 1.59.